The first-order valence-electron chi connectivity index (χ1n) is 6.03. The Balaban J connectivity index is 1.77. The number of hydrogen-bond acceptors (Lipinski definition) is 5. The molecule has 5 heteroatoms. The maximum atomic E-state index is 8.41. The highest BCUT2D eigenvalue weighted by Gasteiger charge is 2.08. The molecule has 5 nitrogen and oxygen atoms in total. The molecule has 1 N–H and O–H groups in total. The summed E-state index contributed by atoms with van der Waals surface area (Å²) >= 11 is 0. The topological polar surface area (TPSA) is 57.5 Å². The van der Waals surface area contributed by atoms with E-state index in [9.17, 15) is 0 Å². The Bertz CT molecular complexity index is 394. The van der Waals surface area contributed by atoms with Crippen molar-refractivity contribution in [3.63, 3.8) is 0 Å². The van der Waals surface area contributed by atoms with Gasteiger partial charge in [0.1, 0.15) is 11.8 Å². The van der Waals surface area contributed by atoms with Crippen LogP contribution in [0.15, 0.2) is 24.3 Å². The summed E-state index contributed by atoms with van der Waals surface area (Å²) in [6.07, 6.45) is 0. The predicted octanol–water partition coefficient (Wildman–Crippen LogP) is 0.926. The molecule has 0 aromatic heterocycles. The Kier molecular flexibility index (Phi) is 4.97. The highest BCUT2D eigenvalue weighted by atomic mass is 16.5. The molecule has 1 aliphatic heterocycles. The molecule has 1 aliphatic rings. The molecule has 0 amide bonds. The average molecular weight is 247 g/mol. The van der Waals surface area contributed by atoms with Gasteiger partial charge in [-0.3, -0.25) is 5.43 Å². The zero-order chi connectivity index (χ0) is 12.6. The van der Waals surface area contributed by atoms with Gasteiger partial charge in [-0.2, -0.15) is 5.26 Å². The molecule has 1 saturated heterocycles. The first kappa shape index (κ1) is 12.8. The third-order valence-electron chi connectivity index (χ3n) is 2.74. The van der Waals surface area contributed by atoms with Crippen LogP contribution in [-0.4, -0.2) is 37.9 Å². The Morgan fingerprint density at radius 1 is 1.28 bits per heavy atom. The molecule has 0 bridgehead atoms. The van der Waals surface area contributed by atoms with E-state index in [1.165, 1.54) is 5.56 Å². The molecule has 1 aromatic carbocycles. The fraction of sp³-hybridized carbons (Fsp3) is 0.462. The summed E-state index contributed by atoms with van der Waals surface area (Å²) < 4.78 is 10.5. The van der Waals surface area contributed by atoms with Crippen LogP contribution in [0.25, 0.3) is 0 Å². The van der Waals surface area contributed by atoms with Gasteiger partial charge in [0.15, 0.2) is 6.61 Å². The van der Waals surface area contributed by atoms with Crippen molar-refractivity contribution < 1.29 is 9.47 Å². The van der Waals surface area contributed by atoms with Crippen LogP contribution in [0.3, 0.4) is 0 Å². The predicted molar refractivity (Wildman–Crippen MR) is 66.8 cm³/mol. The summed E-state index contributed by atoms with van der Waals surface area (Å²) in [5.74, 6) is 0.728. The molecule has 0 unspecified atom stereocenters. The molecular formula is C13H17N3O2. The summed E-state index contributed by atoms with van der Waals surface area (Å²) in [6.45, 7) is 4.29. The lowest BCUT2D eigenvalue weighted by Gasteiger charge is -2.27. The lowest BCUT2D eigenvalue weighted by atomic mass is 10.2. The zero-order valence-electron chi connectivity index (χ0n) is 10.3. The van der Waals surface area contributed by atoms with Crippen molar-refractivity contribution in [2.75, 3.05) is 32.9 Å². The lowest BCUT2D eigenvalue weighted by Crippen LogP contribution is -2.45. The standard InChI is InChI=1S/C13H17N3O2/c14-5-8-18-13-3-1-12(2-4-13)11-15-16-6-9-17-10-7-16/h1-4,15H,6-11H2. The minimum absolute atomic E-state index is 0.0887. The van der Waals surface area contributed by atoms with Crippen molar-refractivity contribution >= 4 is 0 Å². The van der Waals surface area contributed by atoms with Crippen LogP contribution in [0, 0.1) is 11.3 Å². The van der Waals surface area contributed by atoms with Gasteiger partial charge in [-0.15, -0.1) is 0 Å². The smallest absolute Gasteiger partial charge is 0.174 e. The molecule has 1 aromatic rings. The van der Waals surface area contributed by atoms with Crippen molar-refractivity contribution in [1.29, 1.82) is 5.26 Å². The van der Waals surface area contributed by atoms with E-state index in [0.29, 0.717) is 0 Å². The molecule has 1 heterocycles. The van der Waals surface area contributed by atoms with Gasteiger partial charge in [0.25, 0.3) is 0 Å². The molecule has 18 heavy (non-hydrogen) atoms. The monoisotopic (exact) mass is 247 g/mol. The number of nitrogens with zero attached hydrogens (tertiary/aromatic N) is 2. The van der Waals surface area contributed by atoms with Crippen LogP contribution in [0.5, 0.6) is 5.75 Å². The molecule has 2 rings (SSSR count). The van der Waals surface area contributed by atoms with Crippen LogP contribution in [0.1, 0.15) is 5.56 Å². The maximum absolute atomic E-state index is 8.41. The van der Waals surface area contributed by atoms with Gasteiger partial charge in [0.05, 0.1) is 13.2 Å². The third kappa shape index (κ3) is 4.00. The summed E-state index contributed by atoms with van der Waals surface area (Å²) in [7, 11) is 0. The van der Waals surface area contributed by atoms with E-state index in [1.807, 2.05) is 30.3 Å². The number of hydrazine groups is 1. The van der Waals surface area contributed by atoms with Gasteiger partial charge in [0, 0.05) is 19.6 Å². The van der Waals surface area contributed by atoms with Crippen LogP contribution < -0.4 is 10.2 Å². The minimum atomic E-state index is 0.0887. The van der Waals surface area contributed by atoms with Gasteiger partial charge in [-0.1, -0.05) is 12.1 Å². The van der Waals surface area contributed by atoms with Gasteiger partial charge in [-0.25, -0.2) is 5.01 Å². The van der Waals surface area contributed by atoms with Gasteiger partial charge in [-0.05, 0) is 17.7 Å². The Morgan fingerprint density at radius 2 is 2.00 bits per heavy atom. The molecular weight excluding hydrogens is 230 g/mol. The highest BCUT2D eigenvalue weighted by molar-refractivity contribution is 5.27. The van der Waals surface area contributed by atoms with Crippen molar-refractivity contribution in [2.24, 2.45) is 0 Å². The van der Waals surface area contributed by atoms with E-state index >= 15 is 0 Å². The second kappa shape index (κ2) is 6.97. The van der Waals surface area contributed by atoms with E-state index in [0.717, 1.165) is 38.6 Å². The van der Waals surface area contributed by atoms with Crippen LogP contribution in [0.4, 0.5) is 0 Å². The fourth-order valence-corrected chi connectivity index (χ4v) is 1.74. The van der Waals surface area contributed by atoms with E-state index < -0.39 is 0 Å². The van der Waals surface area contributed by atoms with E-state index in [4.69, 9.17) is 14.7 Å². The number of rotatable bonds is 5. The molecule has 0 atom stereocenters. The third-order valence-corrected chi connectivity index (χ3v) is 2.74. The summed E-state index contributed by atoms with van der Waals surface area (Å²) in [6, 6.07) is 9.71. The first-order valence-corrected chi connectivity index (χ1v) is 6.03. The second-order valence-corrected chi connectivity index (χ2v) is 4.03. The Labute approximate surface area is 107 Å². The minimum Gasteiger partial charge on any atom is -0.479 e. The normalized spacial score (nSPS) is 16.2. The molecule has 0 radical (unpaired) electrons. The first-order chi connectivity index (χ1) is 8.88. The van der Waals surface area contributed by atoms with Crippen molar-refractivity contribution in [2.45, 2.75) is 6.54 Å². The van der Waals surface area contributed by atoms with Gasteiger partial charge in [0.2, 0.25) is 0 Å². The number of benzene rings is 1. The van der Waals surface area contributed by atoms with Gasteiger partial charge < -0.3 is 9.47 Å². The summed E-state index contributed by atoms with van der Waals surface area (Å²) in [5, 5.41) is 10.6. The Morgan fingerprint density at radius 3 is 2.67 bits per heavy atom. The van der Waals surface area contributed by atoms with Crippen LogP contribution in [0.2, 0.25) is 0 Å². The number of hydrogen-bond donors (Lipinski definition) is 1. The van der Waals surface area contributed by atoms with E-state index in [1.54, 1.807) is 0 Å². The van der Waals surface area contributed by atoms with Gasteiger partial charge >= 0.3 is 0 Å². The Hall–Kier alpha value is -1.61. The average Bonchev–Trinajstić information content (AvgIpc) is 2.45. The molecule has 0 aliphatic carbocycles. The highest BCUT2D eigenvalue weighted by Crippen LogP contribution is 2.12. The van der Waals surface area contributed by atoms with Crippen molar-refractivity contribution in [1.82, 2.24) is 10.4 Å². The molecule has 1 fully saturated rings. The molecule has 96 valence electrons. The van der Waals surface area contributed by atoms with E-state index in [2.05, 4.69) is 10.4 Å². The SMILES string of the molecule is N#CCOc1ccc(CNN2CCOCC2)cc1. The largest absolute Gasteiger partial charge is 0.479 e. The van der Waals surface area contributed by atoms with E-state index in [-0.39, 0.29) is 6.61 Å². The second-order valence-electron chi connectivity index (χ2n) is 4.03. The molecule has 0 saturated carbocycles. The number of ether oxygens (including phenoxy) is 2. The van der Waals surface area contributed by atoms with Crippen LogP contribution in [-0.2, 0) is 11.3 Å². The van der Waals surface area contributed by atoms with Crippen molar-refractivity contribution in [3.05, 3.63) is 29.8 Å². The maximum Gasteiger partial charge on any atom is 0.174 e. The number of nitrogens with one attached hydrogen (secondary N) is 1. The fourth-order valence-electron chi connectivity index (χ4n) is 1.74. The quantitative estimate of drug-likeness (QED) is 0.838. The number of nitriles is 1. The summed E-state index contributed by atoms with van der Waals surface area (Å²) in [4.78, 5) is 0. The van der Waals surface area contributed by atoms with Crippen LogP contribution >= 0.6 is 0 Å². The van der Waals surface area contributed by atoms with Crippen molar-refractivity contribution in [3.8, 4) is 11.8 Å². The molecule has 0 spiro atoms. The summed E-state index contributed by atoms with van der Waals surface area (Å²) in [5.41, 5.74) is 4.55. The zero-order valence-corrected chi connectivity index (χ0v) is 10.3. The lowest BCUT2D eigenvalue weighted by molar-refractivity contribution is 0.0106. The number of morpholine rings is 1.